The lowest BCUT2D eigenvalue weighted by molar-refractivity contribution is 0.0433. The zero-order valence-electron chi connectivity index (χ0n) is 15.7. The maximum Gasteiger partial charge on any atom is 0.254 e. The summed E-state index contributed by atoms with van der Waals surface area (Å²) in [6.07, 6.45) is 2.73. The van der Waals surface area contributed by atoms with E-state index in [2.05, 4.69) is 9.88 Å². The smallest absolute Gasteiger partial charge is 0.254 e. The molecule has 0 spiro atoms. The molecule has 0 saturated carbocycles. The normalized spacial score (nSPS) is 21.5. The summed E-state index contributed by atoms with van der Waals surface area (Å²) >= 11 is 0. The van der Waals surface area contributed by atoms with Gasteiger partial charge in [-0.2, -0.15) is 0 Å². The number of fused-ring (bicyclic) bond motifs is 1. The van der Waals surface area contributed by atoms with E-state index in [9.17, 15) is 4.79 Å². The SMILES string of the molecule is Cc1cc(C(=O)N2CCN(C[C@H]3CCCO3)CC2)c2cccc(C)c2n1. The van der Waals surface area contributed by atoms with Gasteiger partial charge in [-0.05, 0) is 38.3 Å². The topological polar surface area (TPSA) is 45.7 Å². The summed E-state index contributed by atoms with van der Waals surface area (Å²) in [6, 6.07) is 8.00. The van der Waals surface area contributed by atoms with Gasteiger partial charge in [0, 0.05) is 50.4 Å². The van der Waals surface area contributed by atoms with Gasteiger partial charge in [-0.3, -0.25) is 14.7 Å². The molecule has 138 valence electrons. The second kappa shape index (κ2) is 7.33. The molecule has 2 aromatic rings. The fourth-order valence-electron chi connectivity index (χ4n) is 4.08. The van der Waals surface area contributed by atoms with Crippen molar-refractivity contribution < 1.29 is 9.53 Å². The van der Waals surface area contributed by atoms with Crippen LogP contribution in [0.5, 0.6) is 0 Å². The molecule has 5 heteroatoms. The largest absolute Gasteiger partial charge is 0.377 e. The molecule has 2 fully saturated rings. The van der Waals surface area contributed by atoms with E-state index in [1.54, 1.807) is 0 Å². The summed E-state index contributed by atoms with van der Waals surface area (Å²) in [7, 11) is 0. The van der Waals surface area contributed by atoms with Crippen LogP contribution in [0.3, 0.4) is 0 Å². The molecule has 1 aromatic heterocycles. The Morgan fingerprint density at radius 3 is 2.77 bits per heavy atom. The number of ether oxygens (including phenoxy) is 1. The Balaban J connectivity index is 1.48. The van der Waals surface area contributed by atoms with Crippen LogP contribution in [0, 0.1) is 13.8 Å². The molecule has 1 amide bonds. The van der Waals surface area contributed by atoms with Gasteiger partial charge < -0.3 is 9.64 Å². The Bertz CT molecular complexity index is 806. The maximum absolute atomic E-state index is 13.2. The number of aryl methyl sites for hydroxylation is 2. The van der Waals surface area contributed by atoms with Crippen molar-refractivity contribution in [2.75, 3.05) is 39.3 Å². The van der Waals surface area contributed by atoms with E-state index in [0.717, 1.165) is 67.1 Å². The summed E-state index contributed by atoms with van der Waals surface area (Å²) in [4.78, 5) is 22.2. The Hall–Kier alpha value is -1.98. The van der Waals surface area contributed by atoms with Gasteiger partial charge in [0.2, 0.25) is 0 Å². The van der Waals surface area contributed by atoms with Crippen LogP contribution in [-0.2, 0) is 4.74 Å². The minimum Gasteiger partial charge on any atom is -0.377 e. The van der Waals surface area contributed by atoms with Gasteiger partial charge >= 0.3 is 0 Å². The molecule has 3 heterocycles. The highest BCUT2D eigenvalue weighted by Gasteiger charge is 2.26. The van der Waals surface area contributed by atoms with Crippen LogP contribution >= 0.6 is 0 Å². The van der Waals surface area contributed by atoms with Crippen molar-refractivity contribution in [2.24, 2.45) is 0 Å². The van der Waals surface area contributed by atoms with E-state index in [1.807, 2.05) is 43.0 Å². The first kappa shape index (κ1) is 17.4. The Morgan fingerprint density at radius 1 is 1.23 bits per heavy atom. The van der Waals surface area contributed by atoms with Crippen LogP contribution in [0.25, 0.3) is 10.9 Å². The Morgan fingerprint density at radius 2 is 2.04 bits per heavy atom. The van der Waals surface area contributed by atoms with Crippen LogP contribution in [0.2, 0.25) is 0 Å². The fourth-order valence-corrected chi connectivity index (χ4v) is 4.08. The van der Waals surface area contributed by atoms with Crippen LogP contribution in [0.15, 0.2) is 24.3 Å². The molecule has 2 aliphatic rings. The van der Waals surface area contributed by atoms with Crippen molar-refractivity contribution in [2.45, 2.75) is 32.8 Å². The number of rotatable bonds is 3. The van der Waals surface area contributed by atoms with Gasteiger partial charge in [-0.25, -0.2) is 0 Å². The molecule has 4 rings (SSSR count). The van der Waals surface area contributed by atoms with Crippen LogP contribution in [-0.4, -0.2) is 66.1 Å². The monoisotopic (exact) mass is 353 g/mol. The number of nitrogens with zero attached hydrogens (tertiary/aromatic N) is 3. The molecule has 0 bridgehead atoms. The van der Waals surface area contributed by atoms with Gasteiger partial charge in [-0.15, -0.1) is 0 Å². The van der Waals surface area contributed by atoms with E-state index >= 15 is 0 Å². The van der Waals surface area contributed by atoms with Crippen molar-refractivity contribution in [1.82, 2.24) is 14.8 Å². The minimum atomic E-state index is 0.128. The van der Waals surface area contributed by atoms with E-state index in [1.165, 1.54) is 12.8 Å². The first-order valence-electron chi connectivity index (χ1n) is 9.62. The Kier molecular flexibility index (Phi) is 4.92. The standard InChI is InChI=1S/C21H27N3O2/c1-15-5-3-7-18-19(13-16(2)22-20(15)18)21(25)24-10-8-23(9-11-24)14-17-6-4-12-26-17/h3,5,7,13,17H,4,6,8-12,14H2,1-2H3/t17-/m1/s1. The zero-order valence-corrected chi connectivity index (χ0v) is 15.7. The molecule has 2 aliphatic heterocycles. The summed E-state index contributed by atoms with van der Waals surface area (Å²) in [5.41, 5.74) is 3.73. The molecular weight excluding hydrogens is 326 g/mol. The van der Waals surface area contributed by atoms with Crippen molar-refractivity contribution in [1.29, 1.82) is 0 Å². The predicted molar refractivity (Wildman–Crippen MR) is 103 cm³/mol. The quantitative estimate of drug-likeness (QED) is 0.851. The van der Waals surface area contributed by atoms with Gasteiger partial charge in [0.25, 0.3) is 5.91 Å². The molecule has 1 atom stereocenters. The summed E-state index contributed by atoms with van der Waals surface area (Å²) in [5.74, 6) is 0.128. The number of pyridine rings is 1. The first-order valence-corrected chi connectivity index (χ1v) is 9.62. The van der Waals surface area contributed by atoms with Crippen molar-refractivity contribution in [3.05, 3.63) is 41.1 Å². The van der Waals surface area contributed by atoms with Crippen LogP contribution in [0.4, 0.5) is 0 Å². The number of amides is 1. The third kappa shape index (κ3) is 3.46. The predicted octanol–water partition coefficient (Wildman–Crippen LogP) is 2.79. The third-order valence-electron chi connectivity index (χ3n) is 5.55. The van der Waals surface area contributed by atoms with E-state index in [0.29, 0.717) is 6.10 Å². The molecule has 0 radical (unpaired) electrons. The number of para-hydroxylation sites is 1. The Labute approximate surface area is 154 Å². The first-order chi connectivity index (χ1) is 12.6. The van der Waals surface area contributed by atoms with Crippen molar-refractivity contribution >= 4 is 16.8 Å². The molecule has 2 saturated heterocycles. The average Bonchev–Trinajstić information content (AvgIpc) is 3.15. The maximum atomic E-state index is 13.2. The van der Waals surface area contributed by atoms with E-state index in [-0.39, 0.29) is 5.91 Å². The number of piperazine rings is 1. The highest BCUT2D eigenvalue weighted by molar-refractivity contribution is 6.06. The highest BCUT2D eigenvalue weighted by Crippen LogP contribution is 2.23. The zero-order chi connectivity index (χ0) is 18.1. The lowest BCUT2D eigenvalue weighted by Crippen LogP contribution is -2.50. The molecule has 26 heavy (non-hydrogen) atoms. The van der Waals surface area contributed by atoms with Gasteiger partial charge in [-0.1, -0.05) is 18.2 Å². The minimum absolute atomic E-state index is 0.128. The lowest BCUT2D eigenvalue weighted by Gasteiger charge is -2.36. The second-order valence-electron chi connectivity index (χ2n) is 7.51. The summed E-state index contributed by atoms with van der Waals surface area (Å²) in [6.45, 7) is 9.31. The molecule has 5 nitrogen and oxygen atoms in total. The average molecular weight is 353 g/mol. The number of carbonyl (C=O) groups is 1. The highest BCUT2D eigenvalue weighted by atomic mass is 16.5. The van der Waals surface area contributed by atoms with Crippen molar-refractivity contribution in [3.8, 4) is 0 Å². The molecule has 0 N–H and O–H groups in total. The lowest BCUT2D eigenvalue weighted by atomic mass is 10.0. The fraction of sp³-hybridized carbons (Fsp3) is 0.524. The van der Waals surface area contributed by atoms with Crippen LogP contribution in [0.1, 0.15) is 34.5 Å². The molecule has 0 aliphatic carbocycles. The summed E-state index contributed by atoms with van der Waals surface area (Å²) in [5, 5.41) is 0.961. The van der Waals surface area contributed by atoms with E-state index in [4.69, 9.17) is 4.74 Å². The van der Waals surface area contributed by atoms with Gasteiger partial charge in [0.15, 0.2) is 0 Å². The van der Waals surface area contributed by atoms with Gasteiger partial charge in [0.05, 0.1) is 17.2 Å². The van der Waals surface area contributed by atoms with E-state index < -0.39 is 0 Å². The number of hydrogen-bond donors (Lipinski definition) is 0. The molecule has 0 unspecified atom stereocenters. The number of benzene rings is 1. The second-order valence-corrected chi connectivity index (χ2v) is 7.51. The molecule has 1 aromatic carbocycles. The summed E-state index contributed by atoms with van der Waals surface area (Å²) < 4.78 is 5.74. The van der Waals surface area contributed by atoms with Crippen LogP contribution < -0.4 is 0 Å². The number of hydrogen-bond acceptors (Lipinski definition) is 4. The third-order valence-corrected chi connectivity index (χ3v) is 5.55. The van der Waals surface area contributed by atoms with Gasteiger partial charge in [0.1, 0.15) is 0 Å². The molecular formula is C21H27N3O2. The number of carbonyl (C=O) groups excluding carboxylic acids is 1. The van der Waals surface area contributed by atoms with Crippen molar-refractivity contribution in [3.63, 3.8) is 0 Å². The number of aromatic nitrogens is 1.